The number of hydrogen-bond donors (Lipinski definition) is 1. The van der Waals surface area contributed by atoms with Crippen LogP contribution in [0.3, 0.4) is 0 Å². The summed E-state index contributed by atoms with van der Waals surface area (Å²) in [6.45, 7) is 1.96. The van der Waals surface area contributed by atoms with Crippen LogP contribution >= 0.6 is 0 Å². The fourth-order valence-corrected chi connectivity index (χ4v) is 2.50. The van der Waals surface area contributed by atoms with E-state index >= 15 is 0 Å². The summed E-state index contributed by atoms with van der Waals surface area (Å²) in [7, 11) is 0. The van der Waals surface area contributed by atoms with Crippen molar-refractivity contribution >= 4 is 11.5 Å². The van der Waals surface area contributed by atoms with E-state index in [0.29, 0.717) is 0 Å². The normalized spacial score (nSPS) is 15.0. The fraction of sp³-hybridized carbons (Fsp3) is 0.267. The summed E-state index contributed by atoms with van der Waals surface area (Å²) in [4.78, 5) is 6.73. The number of nitrogen functional groups attached to an aromatic ring is 1. The molecular weight excluding hydrogens is 222 g/mol. The van der Waals surface area contributed by atoms with Gasteiger partial charge in [-0.2, -0.15) is 0 Å². The fourth-order valence-electron chi connectivity index (χ4n) is 2.50. The van der Waals surface area contributed by atoms with Crippen LogP contribution in [0.25, 0.3) is 0 Å². The highest BCUT2D eigenvalue weighted by atomic mass is 15.2. The van der Waals surface area contributed by atoms with Crippen LogP contribution in [0.5, 0.6) is 0 Å². The Kier molecular flexibility index (Phi) is 2.89. The highest BCUT2D eigenvalue weighted by Gasteiger charge is 2.15. The molecule has 0 spiro atoms. The lowest BCUT2D eigenvalue weighted by atomic mass is 10.0. The van der Waals surface area contributed by atoms with Crippen molar-refractivity contribution in [1.29, 1.82) is 0 Å². The van der Waals surface area contributed by atoms with Gasteiger partial charge < -0.3 is 10.6 Å². The maximum Gasteiger partial charge on any atom is 0.130 e. The predicted octanol–water partition coefficient (Wildman–Crippen LogP) is 2.62. The zero-order chi connectivity index (χ0) is 12.4. The molecule has 1 aliphatic rings. The number of fused-ring (bicyclic) bond motifs is 1. The molecule has 0 unspecified atom stereocenters. The molecule has 0 saturated carbocycles. The smallest absolute Gasteiger partial charge is 0.130 e. The molecule has 0 bridgehead atoms. The van der Waals surface area contributed by atoms with E-state index in [-0.39, 0.29) is 0 Å². The van der Waals surface area contributed by atoms with Crippen LogP contribution in [0, 0.1) is 0 Å². The summed E-state index contributed by atoms with van der Waals surface area (Å²) in [5.74, 6) is 0.978. The van der Waals surface area contributed by atoms with Crippen LogP contribution < -0.4 is 10.6 Å². The number of rotatable bonds is 1. The van der Waals surface area contributed by atoms with E-state index in [1.807, 2.05) is 12.1 Å². The van der Waals surface area contributed by atoms with Crippen molar-refractivity contribution in [3.8, 4) is 0 Å². The number of nitrogens with two attached hydrogens (primary N) is 1. The first-order valence-corrected chi connectivity index (χ1v) is 6.36. The third-order valence-corrected chi connectivity index (χ3v) is 3.45. The van der Waals surface area contributed by atoms with Crippen molar-refractivity contribution in [2.75, 3.05) is 17.2 Å². The maximum atomic E-state index is 5.83. The standard InChI is InChI=1S/C15H17N3/c16-14-7-8-17-15(10-14)18-9-3-6-12-4-1-2-5-13(12)11-18/h1-2,4-5,7-8,10H,3,6,9,11H2,(H2,16,17). The first-order chi connectivity index (χ1) is 8.83. The molecular formula is C15H17N3. The summed E-state index contributed by atoms with van der Waals surface area (Å²) < 4.78 is 0. The van der Waals surface area contributed by atoms with E-state index in [4.69, 9.17) is 5.73 Å². The molecule has 0 radical (unpaired) electrons. The van der Waals surface area contributed by atoms with Crippen LogP contribution in [0.1, 0.15) is 17.5 Å². The second-order valence-electron chi connectivity index (χ2n) is 4.74. The Morgan fingerprint density at radius 3 is 2.78 bits per heavy atom. The van der Waals surface area contributed by atoms with Gasteiger partial charge in [0.15, 0.2) is 0 Å². The zero-order valence-corrected chi connectivity index (χ0v) is 10.3. The van der Waals surface area contributed by atoms with Crippen LogP contribution in [-0.4, -0.2) is 11.5 Å². The van der Waals surface area contributed by atoms with Gasteiger partial charge in [0, 0.05) is 31.0 Å². The molecule has 0 aliphatic carbocycles. The van der Waals surface area contributed by atoms with Gasteiger partial charge >= 0.3 is 0 Å². The second-order valence-corrected chi connectivity index (χ2v) is 4.74. The number of aryl methyl sites for hydroxylation is 1. The summed E-state index contributed by atoms with van der Waals surface area (Å²) in [6, 6.07) is 12.4. The van der Waals surface area contributed by atoms with Crippen LogP contribution in [0.15, 0.2) is 42.6 Å². The monoisotopic (exact) mass is 239 g/mol. The summed E-state index contributed by atoms with van der Waals surface area (Å²) in [6.07, 6.45) is 4.09. The van der Waals surface area contributed by atoms with E-state index < -0.39 is 0 Å². The average molecular weight is 239 g/mol. The molecule has 92 valence electrons. The number of nitrogens with zero attached hydrogens (tertiary/aromatic N) is 2. The number of anilines is 2. The molecule has 2 N–H and O–H groups in total. The van der Waals surface area contributed by atoms with E-state index in [9.17, 15) is 0 Å². The Morgan fingerprint density at radius 1 is 1.11 bits per heavy atom. The van der Waals surface area contributed by atoms with Gasteiger partial charge in [-0.1, -0.05) is 24.3 Å². The third kappa shape index (κ3) is 2.16. The molecule has 0 saturated heterocycles. The maximum absolute atomic E-state index is 5.83. The van der Waals surface area contributed by atoms with Crippen LogP contribution in [-0.2, 0) is 13.0 Å². The molecule has 3 nitrogen and oxygen atoms in total. The van der Waals surface area contributed by atoms with Crippen LogP contribution in [0.4, 0.5) is 11.5 Å². The average Bonchev–Trinajstić information content (AvgIpc) is 2.60. The lowest BCUT2D eigenvalue weighted by Gasteiger charge is -2.22. The van der Waals surface area contributed by atoms with Crippen molar-refractivity contribution in [2.45, 2.75) is 19.4 Å². The molecule has 2 aromatic rings. The van der Waals surface area contributed by atoms with Crippen molar-refractivity contribution in [2.24, 2.45) is 0 Å². The second kappa shape index (κ2) is 4.69. The molecule has 3 heteroatoms. The van der Waals surface area contributed by atoms with Gasteiger partial charge in [0.25, 0.3) is 0 Å². The van der Waals surface area contributed by atoms with Crippen molar-refractivity contribution < 1.29 is 0 Å². The minimum absolute atomic E-state index is 0.775. The molecule has 18 heavy (non-hydrogen) atoms. The quantitative estimate of drug-likeness (QED) is 0.831. The minimum atomic E-state index is 0.775. The largest absolute Gasteiger partial charge is 0.399 e. The molecule has 3 rings (SSSR count). The Labute approximate surface area is 107 Å². The number of aromatic nitrogens is 1. The van der Waals surface area contributed by atoms with Gasteiger partial charge in [-0.15, -0.1) is 0 Å². The van der Waals surface area contributed by atoms with Crippen molar-refractivity contribution in [1.82, 2.24) is 4.98 Å². The third-order valence-electron chi connectivity index (χ3n) is 3.45. The minimum Gasteiger partial charge on any atom is -0.399 e. The van der Waals surface area contributed by atoms with E-state index in [1.165, 1.54) is 11.1 Å². The topological polar surface area (TPSA) is 42.1 Å². The van der Waals surface area contributed by atoms with Crippen molar-refractivity contribution in [3.05, 3.63) is 53.7 Å². The zero-order valence-electron chi connectivity index (χ0n) is 10.3. The summed E-state index contributed by atoms with van der Waals surface area (Å²) in [5, 5.41) is 0. The summed E-state index contributed by atoms with van der Waals surface area (Å²) in [5.41, 5.74) is 9.47. The SMILES string of the molecule is Nc1ccnc(N2CCCc3ccccc3C2)c1. The highest BCUT2D eigenvalue weighted by molar-refractivity contribution is 5.51. The van der Waals surface area contributed by atoms with Gasteiger partial charge in [0.1, 0.15) is 5.82 Å². The van der Waals surface area contributed by atoms with Crippen LogP contribution in [0.2, 0.25) is 0 Å². The molecule has 2 heterocycles. The molecule has 1 aromatic carbocycles. The first kappa shape index (κ1) is 11.1. The van der Waals surface area contributed by atoms with Crippen molar-refractivity contribution in [3.63, 3.8) is 0 Å². The Bertz CT molecular complexity index is 551. The van der Waals surface area contributed by atoms with Gasteiger partial charge in [-0.05, 0) is 30.0 Å². The number of hydrogen-bond acceptors (Lipinski definition) is 3. The van der Waals surface area contributed by atoms with Gasteiger partial charge in [0.2, 0.25) is 0 Å². The van der Waals surface area contributed by atoms with E-state index in [2.05, 4.69) is 34.1 Å². The summed E-state index contributed by atoms with van der Waals surface area (Å²) >= 11 is 0. The highest BCUT2D eigenvalue weighted by Crippen LogP contribution is 2.23. The Morgan fingerprint density at radius 2 is 1.94 bits per heavy atom. The number of pyridine rings is 1. The molecule has 0 amide bonds. The van der Waals surface area contributed by atoms with Gasteiger partial charge in [-0.25, -0.2) is 4.98 Å². The Hall–Kier alpha value is -2.03. The van der Waals surface area contributed by atoms with E-state index in [1.54, 1.807) is 6.20 Å². The van der Waals surface area contributed by atoms with E-state index in [0.717, 1.165) is 37.4 Å². The number of benzene rings is 1. The molecule has 1 aromatic heterocycles. The molecule has 0 fully saturated rings. The molecule has 0 atom stereocenters. The predicted molar refractivity (Wildman–Crippen MR) is 74.5 cm³/mol. The first-order valence-electron chi connectivity index (χ1n) is 6.36. The Balaban J connectivity index is 1.91. The van der Waals surface area contributed by atoms with Gasteiger partial charge in [0.05, 0.1) is 0 Å². The van der Waals surface area contributed by atoms with Gasteiger partial charge in [-0.3, -0.25) is 0 Å². The lowest BCUT2D eigenvalue weighted by molar-refractivity contribution is 0.755. The lowest BCUT2D eigenvalue weighted by Crippen LogP contribution is -2.23. The molecule has 1 aliphatic heterocycles.